The summed E-state index contributed by atoms with van der Waals surface area (Å²) in [6.07, 6.45) is -0.410. The largest absolute Gasteiger partial charge is 0.497 e. The third kappa shape index (κ3) is 3.14. The summed E-state index contributed by atoms with van der Waals surface area (Å²) < 4.78 is 16.8. The van der Waals surface area contributed by atoms with Crippen LogP contribution < -0.4 is 14.2 Å². The van der Waals surface area contributed by atoms with Crippen molar-refractivity contribution in [2.24, 2.45) is 0 Å². The van der Waals surface area contributed by atoms with Crippen LogP contribution in [0.1, 0.15) is 33.5 Å². The molecule has 0 radical (unpaired) electrons. The Morgan fingerprint density at radius 2 is 1.30 bits per heavy atom. The van der Waals surface area contributed by atoms with Gasteiger partial charge in [-0.25, -0.2) is 0 Å². The first-order valence-corrected chi connectivity index (χ1v) is 8.79. The Labute approximate surface area is 158 Å². The fourth-order valence-electron chi connectivity index (χ4n) is 3.47. The van der Waals surface area contributed by atoms with Gasteiger partial charge in [-0.05, 0) is 47.5 Å². The first kappa shape index (κ1) is 17.2. The van der Waals surface area contributed by atoms with Crippen molar-refractivity contribution in [2.75, 3.05) is 14.2 Å². The zero-order chi connectivity index (χ0) is 18.8. The van der Waals surface area contributed by atoms with Gasteiger partial charge in [-0.15, -0.1) is 0 Å². The maximum absolute atomic E-state index is 13.3. The number of benzene rings is 3. The minimum atomic E-state index is -0.431. The van der Waals surface area contributed by atoms with Crippen molar-refractivity contribution >= 4 is 5.78 Å². The molecule has 1 aliphatic rings. The Morgan fingerprint density at radius 3 is 1.89 bits per heavy atom. The second-order valence-corrected chi connectivity index (χ2v) is 6.42. The molecule has 0 amide bonds. The van der Waals surface area contributed by atoms with Crippen molar-refractivity contribution in [3.8, 4) is 17.2 Å². The van der Waals surface area contributed by atoms with E-state index in [-0.39, 0.29) is 5.78 Å². The summed E-state index contributed by atoms with van der Waals surface area (Å²) in [5.74, 6) is 1.77. The highest BCUT2D eigenvalue weighted by Gasteiger charge is 2.39. The molecule has 0 unspecified atom stereocenters. The smallest absolute Gasteiger partial charge is 0.178 e. The maximum Gasteiger partial charge on any atom is 0.178 e. The molecule has 0 aliphatic carbocycles. The molecule has 4 nitrogen and oxygen atoms in total. The number of fused-ring (bicyclic) bond motifs is 1. The predicted molar refractivity (Wildman–Crippen MR) is 103 cm³/mol. The molecule has 2 atom stereocenters. The summed E-state index contributed by atoms with van der Waals surface area (Å²) in [5.41, 5.74) is 2.44. The molecule has 0 N–H and O–H groups in total. The Hall–Kier alpha value is -3.27. The van der Waals surface area contributed by atoms with Crippen molar-refractivity contribution in [1.29, 1.82) is 0 Å². The normalized spacial score (nSPS) is 18.4. The van der Waals surface area contributed by atoms with Gasteiger partial charge in [0.25, 0.3) is 0 Å². The minimum absolute atomic E-state index is 0.0582. The van der Waals surface area contributed by atoms with Crippen molar-refractivity contribution in [3.05, 3.63) is 89.5 Å². The molecule has 0 saturated carbocycles. The number of carbonyl (C=O) groups is 1. The number of para-hydroxylation sites is 1. The number of carbonyl (C=O) groups excluding carboxylic acids is 1. The van der Waals surface area contributed by atoms with E-state index >= 15 is 0 Å². The summed E-state index contributed by atoms with van der Waals surface area (Å²) in [6.45, 7) is 0. The van der Waals surface area contributed by atoms with Gasteiger partial charge < -0.3 is 14.2 Å². The standard InChI is InChI=1S/C23H20O4/c1-25-17-11-7-15(8-12-17)21-22(24)19-5-3-4-6-20(19)27-23(21)16-9-13-18(26-2)14-10-16/h3-14,21,23H,1-2H3/t21-,23-/m0/s1. The third-order valence-electron chi connectivity index (χ3n) is 4.91. The molecule has 0 spiro atoms. The van der Waals surface area contributed by atoms with Crippen molar-refractivity contribution < 1.29 is 19.0 Å². The quantitative estimate of drug-likeness (QED) is 0.670. The lowest BCUT2D eigenvalue weighted by atomic mass is 9.81. The molecule has 4 heteroatoms. The predicted octanol–water partition coefficient (Wildman–Crippen LogP) is 4.80. The van der Waals surface area contributed by atoms with Gasteiger partial charge in [0, 0.05) is 0 Å². The number of hydrogen-bond donors (Lipinski definition) is 0. The van der Waals surface area contributed by atoms with Gasteiger partial charge in [-0.1, -0.05) is 36.4 Å². The van der Waals surface area contributed by atoms with Gasteiger partial charge in [-0.2, -0.15) is 0 Å². The molecule has 0 bridgehead atoms. The number of methoxy groups -OCH3 is 2. The molecule has 1 heterocycles. The van der Waals surface area contributed by atoms with Crippen LogP contribution in [0.25, 0.3) is 0 Å². The highest BCUT2D eigenvalue weighted by Crippen LogP contribution is 2.44. The number of Topliss-reactive ketones (excluding diaryl/α,β-unsaturated/α-hetero) is 1. The van der Waals surface area contributed by atoms with Crippen LogP contribution in [0.4, 0.5) is 0 Å². The summed E-state index contributed by atoms with van der Waals surface area (Å²) in [5, 5.41) is 0. The summed E-state index contributed by atoms with van der Waals surface area (Å²) in [6, 6.07) is 22.6. The summed E-state index contributed by atoms with van der Waals surface area (Å²) >= 11 is 0. The minimum Gasteiger partial charge on any atom is -0.497 e. The monoisotopic (exact) mass is 360 g/mol. The van der Waals surface area contributed by atoms with Crippen LogP contribution >= 0.6 is 0 Å². The van der Waals surface area contributed by atoms with E-state index in [0.29, 0.717) is 11.3 Å². The zero-order valence-electron chi connectivity index (χ0n) is 15.2. The molecule has 0 fully saturated rings. The summed E-state index contributed by atoms with van der Waals surface area (Å²) in [7, 11) is 3.26. The maximum atomic E-state index is 13.3. The molecule has 0 aromatic heterocycles. The van der Waals surface area contributed by atoms with E-state index in [0.717, 1.165) is 22.6 Å². The lowest BCUT2D eigenvalue weighted by Crippen LogP contribution is -2.30. The number of hydrogen-bond acceptors (Lipinski definition) is 4. The number of ketones is 1. The topological polar surface area (TPSA) is 44.8 Å². The SMILES string of the molecule is COc1ccc([C@H]2C(=O)c3ccccc3O[C@H]2c2ccc(OC)cc2)cc1. The second kappa shape index (κ2) is 7.16. The highest BCUT2D eigenvalue weighted by atomic mass is 16.5. The molecule has 4 rings (SSSR count). The Kier molecular flexibility index (Phi) is 4.55. The Bertz CT molecular complexity index is 945. The van der Waals surface area contributed by atoms with Crippen LogP contribution in [-0.2, 0) is 0 Å². The Balaban J connectivity index is 1.80. The highest BCUT2D eigenvalue weighted by molar-refractivity contribution is 6.04. The van der Waals surface area contributed by atoms with E-state index in [4.69, 9.17) is 14.2 Å². The molecule has 3 aromatic rings. The van der Waals surface area contributed by atoms with E-state index < -0.39 is 12.0 Å². The van der Waals surface area contributed by atoms with Crippen LogP contribution in [0.2, 0.25) is 0 Å². The van der Waals surface area contributed by atoms with E-state index in [9.17, 15) is 4.79 Å². The third-order valence-corrected chi connectivity index (χ3v) is 4.91. The molecular formula is C23H20O4. The van der Waals surface area contributed by atoms with Gasteiger partial charge in [0.05, 0.1) is 25.7 Å². The van der Waals surface area contributed by atoms with Crippen LogP contribution in [0, 0.1) is 0 Å². The van der Waals surface area contributed by atoms with Crippen LogP contribution in [0.15, 0.2) is 72.8 Å². The van der Waals surface area contributed by atoms with Crippen molar-refractivity contribution in [2.45, 2.75) is 12.0 Å². The first-order chi connectivity index (χ1) is 13.2. The van der Waals surface area contributed by atoms with E-state index in [1.807, 2.05) is 72.8 Å². The molecular weight excluding hydrogens is 340 g/mol. The molecule has 3 aromatic carbocycles. The average molecular weight is 360 g/mol. The number of rotatable bonds is 4. The van der Waals surface area contributed by atoms with Crippen LogP contribution in [0.5, 0.6) is 17.2 Å². The zero-order valence-corrected chi connectivity index (χ0v) is 15.2. The first-order valence-electron chi connectivity index (χ1n) is 8.79. The van der Waals surface area contributed by atoms with Gasteiger partial charge in [0.2, 0.25) is 0 Å². The number of ether oxygens (including phenoxy) is 3. The molecule has 136 valence electrons. The van der Waals surface area contributed by atoms with Gasteiger partial charge >= 0.3 is 0 Å². The average Bonchev–Trinajstić information content (AvgIpc) is 2.74. The van der Waals surface area contributed by atoms with Gasteiger partial charge in [-0.3, -0.25) is 4.79 Å². The lowest BCUT2D eigenvalue weighted by Gasteiger charge is -2.33. The van der Waals surface area contributed by atoms with E-state index in [1.165, 1.54) is 0 Å². The van der Waals surface area contributed by atoms with Gasteiger partial charge in [0.1, 0.15) is 23.4 Å². The Morgan fingerprint density at radius 1 is 0.741 bits per heavy atom. The van der Waals surface area contributed by atoms with Crippen molar-refractivity contribution in [3.63, 3.8) is 0 Å². The van der Waals surface area contributed by atoms with Crippen LogP contribution in [-0.4, -0.2) is 20.0 Å². The molecule has 0 saturated heterocycles. The van der Waals surface area contributed by atoms with Crippen molar-refractivity contribution in [1.82, 2.24) is 0 Å². The van der Waals surface area contributed by atoms with E-state index in [1.54, 1.807) is 14.2 Å². The lowest BCUT2D eigenvalue weighted by molar-refractivity contribution is 0.0781. The summed E-state index contributed by atoms with van der Waals surface area (Å²) in [4.78, 5) is 13.3. The molecule has 27 heavy (non-hydrogen) atoms. The second-order valence-electron chi connectivity index (χ2n) is 6.42. The van der Waals surface area contributed by atoms with Crippen LogP contribution in [0.3, 0.4) is 0 Å². The van der Waals surface area contributed by atoms with Gasteiger partial charge in [0.15, 0.2) is 5.78 Å². The fraction of sp³-hybridized carbons (Fsp3) is 0.174. The van der Waals surface area contributed by atoms with E-state index in [2.05, 4.69) is 0 Å². The fourth-order valence-corrected chi connectivity index (χ4v) is 3.47. The molecule has 1 aliphatic heterocycles.